The largest absolute Gasteiger partial charge is 0.497 e. The van der Waals surface area contributed by atoms with Crippen molar-refractivity contribution < 1.29 is 14.3 Å². The van der Waals surface area contributed by atoms with Gasteiger partial charge < -0.3 is 9.47 Å². The molecule has 6 nitrogen and oxygen atoms in total. The number of hydrogen-bond donors (Lipinski definition) is 0. The first-order chi connectivity index (χ1) is 12.7. The molecule has 1 aliphatic heterocycles. The lowest BCUT2D eigenvalue weighted by Gasteiger charge is -2.14. The van der Waals surface area contributed by atoms with Gasteiger partial charge in [0.05, 0.1) is 19.3 Å². The van der Waals surface area contributed by atoms with Crippen LogP contribution in [0.1, 0.15) is 11.7 Å². The van der Waals surface area contributed by atoms with Gasteiger partial charge in [0.1, 0.15) is 24.9 Å². The van der Waals surface area contributed by atoms with E-state index < -0.39 is 0 Å². The van der Waals surface area contributed by atoms with Crippen LogP contribution in [0.2, 0.25) is 0 Å². The summed E-state index contributed by atoms with van der Waals surface area (Å²) in [6.45, 7) is 0.792. The first kappa shape index (κ1) is 16.4. The maximum atomic E-state index is 12.7. The van der Waals surface area contributed by atoms with Gasteiger partial charge in [-0.2, -0.15) is 0 Å². The summed E-state index contributed by atoms with van der Waals surface area (Å²) in [4.78, 5) is 18.8. The van der Waals surface area contributed by atoms with Crippen LogP contribution in [-0.4, -0.2) is 40.9 Å². The molecule has 2 aromatic carbocycles. The fraction of sp³-hybridized carbons (Fsp3) is 0.200. The van der Waals surface area contributed by atoms with Crippen molar-refractivity contribution in [3.8, 4) is 17.0 Å². The predicted octanol–water partition coefficient (Wildman–Crippen LogP) is 3.56. The van der Waals surface area contributed by atoms with Gasteiger partial charge in [0.25, 0.3) is 0 Å². The number of carbonyl (C=O) groups is 1. The van der Waals surface area contributed by atoms with Crippen molar-refractivity contribution in [2.24, 2.45) is 0 Å². The van der Waals surface area contributed by atoms with Gasteiger partial charge in [0.2, 0.25) is 0 Å². The fourth-order valence-corrected chi connectivity index (χ4v) is 3.01. The van der Waals surface area contributed by atoms with Crippen LogP contribution >= 0.6 is 0 Å². The molecular formula is C20H19N3O3. The SMILES string of the molecule is COc1cccc(-c2cn(C(=O)N3COC(c4ccccc4)C3)cn2)c1. The van der Waals surface area contributed by atoms with Crippen molar-refractivity contribution in [2.45, 2.75) is 6.10 Å². The Bertz CT molecular complexity index is 907. The molecule has 1 amide bonds. The van der Waals surface area contributed by atoms with Crippen molar-refractivity contribution >= 4 is 6.03 Å². The molecule has 1 unspecified atom stereocenters. The molecule has 0 saturated carbocycles. The van der Waals surface area contributed by atoms with Crippen molar-refractivity contribution in [1.29, 1.82) is 0 Å². The molecule has 0 spiro atoms. The maximum Gasteiger partial charge on any atom is 0.331 e. The molecule has 1 fully saturated rings. The third-order valence-corrected chi connectivity index (χ3v) is 4.43. The second-order valence-corrected chi connectivity index (χ2v) is 6.10. The Balaban J connectivity index is 1.48. The van der Waals surface area contributed by atoms with E-state index >= 15 is 0 Å². The van der Waals surface area contributed by atoms with Crippen LogP contribution in [0.25, 0.3) is 11.3 Å². The van der Waals surface area contributed by atoms with Crippen LogP contribution in [0, 0.1) is 0 Å². The average molecular weight is 349 g/mol. The second kappa shape index (κ2) is 7.01. The van der Waals surface area contributed by atoms with Gasteiger partial charge in [-0.3, -0.25) is 9.47 Å². The standard InChI is InChI=1S/C20H19N3O3/c1-25-17-9-5-8-16(10-17)18-11-22(13-21-18)20(24)23-12-19(26-14-23)15-6-3-2-4-7-15/h2-11,13,19H,12,14H2,1H3. The molecule has 1 aromatic heterocycles. The lowest BCUT2D eigenvalue weighted by atomic mass is 10.1. The minimum absolute atomic E-state index is 0.0958. The number of imidazole rings is 1. The molecule has 0 radical (unpaired) electrons. The number of benzene rings is 2. The van der Waals surface area contributed by atoms with E-state index in [-0.39, 0.29) is 18.9 Å². The van der Waals surface area contributed by atoms with E-state index in [9.17, 15) is 4.79 Å². The number of nitrogens with zero attached hydrogens (tertiary/aromatic N) is 3. The van der Waals surface area contributed by atoms with Crippen LogP contribution < -0.4 is 4.74 Å². The third-order valence-electron chi connectivity index (χ3n) is 4.43. The van der Waals surface area contributed by atoms with Crippen LogP contribution in [0.5, 0.6) is 5.75 Å². The number of amides is 1. The molecule has 132 valence electrons. The average Bonchev–Trinajstić information content (AvgIpc) is 3.38. The highest BCUT2D eigenvalue weighted by Gasteiger charge is 2.29. The molecule has 3 aromatic rings. The highest BCUT2D eigenvalue weighted by atomic mass is 16.5. The van der Waals surface area contributed by atoms with E-state index in [0.29, 0.717) is 6.54 Å². The van der Waals surface area contributed by atoms with Gasteiger partial charge in [-0.05, 0) is 17.7 Å². The fourth-order valence-electron chi connectivity index (χ4n) is 3.01. The molecular weight excluding hydrogens is 330 g/mol. The molecule has 1 atom stereocenters. The Hall–Kier alpha value is -3.12. The monoisotopic (exact) mass is 349 g/mol. The second-order valence-electron chi connectivity index (χ2n) is 6.10. The van der Waals surface area contributed by atoms with Gasteiger partial charge >= 0.3 is 6.03 Å². The summed E-state index contributed by atoms with van der Waals surface area (Å²) >= 11 is 0. The van der Waals surface area contributed by atoms with Gasteiger partial charge in [0, 0.05) is 11.8 Å². The minimum atomic E-state index is -0.148. The van der Waals surface area contributed by atoms with Gasteiger partial charge in [-0.15, -0.1) is 0 Å². The predicted molar refractivity (Wildman–Crippen MR) is 96.9 cm³/mol. The van der Waals surface area contributed by atoms with E-state index in [2.05, 4.69) is 4.98 Å². The number of methoxy groups -OCH3 is 1. The normalized spacial score (nSPS) is 16.7. The quantitative estimate of drug-likeness (QED) is 0.725. The Morgan fingerprint density at radius 2 is 2.04 bits per heavy atom. The highest BCUT2D eigenvalue weighted by Crippen LogP contribution is 2.26. The molecule has 0 N–H and O–H groups in total. The molecule has 1 saturated heterocycles. The zero-order chi connectivity index (χ0) is 17.9. The summed E-state index contributed by atoms with van der Waals surface area (Å²) in [5, 5.41) is 0. The Morgan fingerprint density at radius 1 is 1.19 bits per heavy atom. The van der Waals surface area contributed by atoms with Crippen LogP contribution in [-0.2, 0) is 4.74 Å². The van der Waals surface area contributed by atoms with Gasteiger partial charge in [-0.1, -0.05) is 42.5 Å². The Morgan fingerprint density at radius 3 is 2.85 bits per heavy atom. The lowest BCUT2D eigenvalue weighted by molar-refractivity contribution is 0.0954. The third kappa shape index (κ3) is 3.19. The number of aromatic nitrogens is 2. The molecule has 26 heavy (non-hydrogen) atoms. The molecule has 1 aliphatic rings. The van der Waals surface area contributed by atoms with Crippen molar-refractivity contribution in [1.82, 2.24) is 14.5 Å². The number of carbonyl (C=O) groups excluding carboxylic acids is 1. The Kier molecular flexibility index (Phi) is 4.41. The van der Waals surface area contributed by atoms with Crippen molar-refractivity contribution in [3.63, 3.8) is 0 Å². The zero-order valence-electron chi connectivity index (χ0n) is 14.4. The summed E-state index contributed by atoms with van der Waals surface area (Å²) < 4.78 is 12.5. The molecule has 4 rings (SSSR count). The van der Waals surface area contributed by atoms with E-state index in [1.165, 1.54) is 10.9 Å². The van der Waals surface area contributed by atoms with Crippen LogP contribution in [0.3, 0.4) is 0 Å². The molecule has 6 heteroatoms. The summed E-state index contributed by atoms with van der Waals surface area (Å²) in [6.07, 6.45) is 3.17. The lowest BCUT2D eigenvalue weighted by Crippen LogP contribution is -2.32. The summed E-state index contributed by atoms with van der Waals surface area (Å²) in [6, 6.07) is 17.4. The maximum absolute atomic E-state index is 12.7. The van der Waals surface area contributed by atoms with E-state index in [1.54, 1.807) is 18.2 Å². The number of ether oxygens (including phenoxy) is 2. The summed E-state index contributed by atoms with van der Waals surface area (Å²) in [5.74, 6) is 0.752. The number of rotatable bonds is 3. The summed E-state index contributed by atoms with van der Waals surface area (Å²) in [5.41, 5.74) is 2.69. The van der Waals surface area contributed by atoms with E-state index in [1.807, 2.05) is 54.6 Å². The van der Waals surface area contributed by atoms with Gasteiger partial charge in [-0.25, -0.2) is 9.78 Å². The first-order valence-corrected chi connectivity index (χ1v) is 8.39. The first-order valence-electron chi connectivity index (χ1n) is 8.39. The van der Waals surface area contributed by atoms with Crippen LogP contribution in [0.4, 0.5) is 4.79 Å². The Labute approximate surface area is 151 Å². The molecule has 0 aliphatic carbocycles. The van der Waals surface area contributed by atoms with Crippen molar-refractivity contribution in [2.75, 3.05) is 20.4 Å². The molecule has 2 heterocycles. The van der Waals surface area contributed by atoms with Crippen molar-refractivity contribution in [3.05, 3.63) is 72.7 Å². The number of hydrogen-bond acceptors (Lipinski definition) is 4. The topological polar surface area (TPSA) is 56.6 Å². The molecule has 0 bridgehead atoms. The van der Waals surface area contributed by atoms with E-state index in [4.69, 9.17) is 9.47 Å². The zero-order valence-corrected chi connectivity index (χ0v) is 14.4. The summed E-state index contributed by atoms with van der Waals surface area (Å²) in [7, 11) is 1.62. The van der Waals surface area contributed by atoms with Gasteiger partial charge in [0.15, 0.2) is 0 Å². The minimum Gasteiger partial charge on any atom is -0.497 e. The van der Waals surface area contributed by atoms with Crippen LogP contribution in [0.15, 0.2) is 67.1 Å². The highest BCUT2D eigenvalue weighted by molar-refractivity contribution is 5.78. The smallest absolute Gasteiger partial charge is 0.331 e. The van der Waals surface area contributed by atoms with E-state index in [0.717, 1.165) is 22.6 Å².